The van der Waals surface area contributed by atoms with Gasteiger partial charge < -0.3 is 5.73 Å². The molecule has 0 amide bonds. The van der Waals surface area contributed by atoms with Gasteiger partial charge in [-0.15, -0.1) is 11.3 Å². The molecular weight excluding hydrogens is 342 g/mol. The maximum absolute atomic E-state index is 12.2. The van der Waals surface area contributed by atoms with Crippen LogP contribution in [0.4, 0.5) is 5.69 Å². The number of hydrogen-bond donors (Lipinski definition) is 1. The number of benzene rings is 1. The smallest absolute Gasteiger partial charge is 0.0638 e. The number of rotatable bonds is 3. The summed E-state index contributed by atoms with van der Waals surface area (Å²) in [5.74, 6) is 0.462. The summed E-state index contributed by atoms with van der Waals surface area (Å²) in [5, 5.41) is 2.52. The van der Waals surface area contributed by atoms with Crippen molar-refractivity contribution in [2.45, 2.75) is 10.6 Å². The summed E-state index contributed by atoms with van der Waals surface area (Å²) >= 11 is 10.8. The zero-order chi connectivity index (χ0) is 12.4. The average Bonchev–Trinajstić information content (AvgIpc) is 2.64. The summed E-state index contributed by atoms with van der Waals surface area (Å²) in [6.07, 6.45) is 0. The van der Waals surface area contributed by atoms with Crippen LogP contribution in [0, 0.1) is 0 Å². The molecule has 0 saturated heterocycles. The van der Waals surface area contributed by atoms with Crippen molar-refractivity contribution in [1.82, 2.24) is 0 Å². The van der Waals surface area contributed by atoms with Gasteiger partial charge in [0, 0.05) is 20.1 Å². The second-order valence-electron chi connectivity index (χ2n) is 3.36. The van der Waals surface area contributed by atoms with Crippen molar-refractivity contribution in [2.24, 2.45) is 0 Å². The fourth-order valence-electron chi connectivity index (χ4n) is 1.35. The van der Waals surface area contributed by atoms with Crippen LogP contribution in [0.5, 0.6) is 0 Å². The van der Waals surface area contributed by atoms with E-state index in [9.17, 15) is 4.21 Å². The Morgan fingerprint density at radius 2 is 2.18 bits per heavy atom. The zero-order valence-corrected chi connectivity index (χ0v) is 12.6. The van der Waals surface area contributed by atoms with Crippen molar-refractivity contribution >= 4 is 55.4 Å². The fourth-order valence-corrected chi connectivity index (χ4v) is 4.68. The number of thiophene rings is 1. The summed E-state index contributed by atoms with van der Waals surface area (Å²) in [5.41, 5.74) is 6.28. The zero-order valence-electron chi connectivity index (χ0n) is 8.65. The van der Waals surface area contributed by atoms with Gasteiger partial charge in [-0.25, -0.2) is 0 Å². The minimum Gasteiger partial charge on any atom is -0.398 e. The first-order chi connectivity index (χ1) is 8.08. The molecule has 1 heterocycles. The van der Waals surface area contributed by atoms with E-state index < -0.39 is 10.8 Å². The standard InChI is InChI=1S/C11H9BrClNOS2/c12-8-3-4-16-10(8)6-17(15)11-2-1-7(13)5-9(11)14/h1-5H,6,14H2. The predicted molar refractivity (Wildman–Crippen MR) is 78.0 cm³/mol. The fraction of sp³-hybridized carbons (Fsp3) is 0.0909. The van der Waals surface area contributed by atoms with Crippen LogP contribution in [-0.4, -0.2) is 4.21 Å². The van der Waals surface area contributed by atoms with Crippen LogP contribution in [0.3, 0.4) is 0 Å². The molecule has 0 aliphatic carbocycles. The van der Waals surface area contributed by atoms with Crippen LogP contribution in [0.15, 0.2) is 39.0 Å². The number of nitrogen functional groups attached to an aromatic ring is 1. The van der Waals surface area contributed by atoms with Crippen LogP contribution >= 0.6 is 38.9 Å². The molecule has 1 atom stereocenters. The van der Waals surface area contributed by atoms with E-state index in [1.165, 1.54) is 0 Å². The molecule has 0 fully saturated rings. The van der Waals surface area contributed by atoms with Crippen LogP contribution < -0.4 is 5.73 Å². The molecule has 0 aliphatic rings. The number of hydrogen-bond acceptors (Lipinski definition) is 3. The molecule has 2 nitrogen and oxygen atoms in total. The Bertz CT molecular complexity index is 570. The Labute approximate surface area is 119 Å². The molecule has 1 unspecified atom stereocenters. The lowest BCUT2D eigenvalue weighted by Crippen LogP contribution is -2.00. The molecule has 6 heteroatoms. The van der Waals surface area contributed by atoms with Gasteiger partial charge in [-0.2, -0.15) is 0 Å². The highest BCUT2D eigenvalue weighted by molar-refractivity contribution is 9.10. The van der Waals surface area contributed by atoms with Crippen molar-refractivity contribution in [1.29, 1.82) is 0 Å². The summed E-state index contributed by atoms with van der Waals surface area (Å²) in [6, 6.07) is 6.99. The van der Waals surface area contributed by atoms with Crippen molar-refractivity contribution in [3.05, 3.63) is 44.0 Å². The third kappa shape index (κ3) is 3.10. The van der Waals surface area contributed by atoms with Crippen molar-refractivity contribution in [2.75, 3.05) is 5.73 Å². The van der Waals surface area contributed by atoms with E-state index in [1.54, 1.807) is 29.5 Å². The summed E-state index contributed by atoms with van der Waals surface area (Å²) < 4.78 is 13.2. The third-order valence-corrected chi connectivity index (χ3v) is 5.93. The second-order valence-corrected chi connectivity index (χ2v) is 7.07. The molecular formula is C11H9BrClNOS2. The highest BCUT2D eigenvalue weighted by Gasteiger charge is 2.12. The Kier molecular flexibility index (Phi) is 4.25. The molecule has 1 aromatic carbocycles. The molecule has 2 N–H and O–H groups in total. The molecule has 2 rings (SSSR count). The highest BCUT2D eigenvalue weighted by atomic mass is 79.9. The summed E-state index contributed by atoms with van der Waals surface area (Å²) in [6.45, 7) is 0. The van der Waals surface area contributed by atoms with E-state index in [-0.39, 0.29) is 0 Å². The van der Waals surface area contributed by atoms with E-state index in [1.807, 2.05) is 11.4 Å². The number of anilines is 1. The Hall–Kier alpha value is -0.360. The Morgan fingerprint density at radius 1 is 1.41 bits per heavy atom. The predicted octanol–water partition coefficient (Wildman–Crippen LogP) is 4.05. The Morgan fingerprint density at radius 3 is 2.76 bits per heavy atom. The van der Waals surface area contributed by atoms with E-state index in [4.69, 9.17) is 17.3 Å². The van der Waals surface area contributed by atoms with Gasteiger partial charge in [-0.3, -0.25) is 4.21 Å². The van der Waals surface area contributed by atoms with Crippen molar-refractivity contribution in [3.8, 4) is 0 Å². The summed E-state index contributed by atoms with van der Waals surface area (Å²) in [4.78, 5) is 1.69. The maximum atomic E-state index is 12.2. The lowest BCUT2D eigenvalue weighted by atomic mass is 10.3. The first-order valence-electron chi connectivity index (χ1n) is 4.73. The van der Waals surface area contributed by atoms with E-state index in [0.29, 0.717) is 21.4 Å². The first-order valence-corrected chi connectivity index (χ1v) is 8.10. The lowest BCUT2D eigenvalue weighted by molar-refractivity contribution is 0.683. The highest BCUT2D eigenvalue weighted by Crippen LogP contribution is 2.28. The second kappa shape index (κ2) is 5.52. The van der Waals surface area contributed by atoms with Gasteiger partial charge in [0.2, 0.25) is 0 Å². The van der Waals surface area contributed by atoms with Gasteiger partial charge in [0.1, 0.15) is 0 Å². The molecule has 1 aromatic heterocycles. The Balaban J connectivity index is 2.23. The van der Waals surface area contributed by atoms with Crippen LogP contribution in [0.1, 0.15) is 4.88 Å². The molecule has 0 spiro atoms. The molecule has 0 bridgehead atoms. The monoisotopic (exact) mass is 349 g/mol. The lowest BCUT2D eigenvalue weighted by Gasteiger charge is -2.05. The average molecular weight is 351 g/mol. The van der Waals surface area contributed by atoms with E-state index in [2.05, 4.69) is 15.9 Å². The van der Waals surface area contributed by atoms with Gasteiger partial charge in [-0.05, 0) is 45.6 Å². The van der Waals surface area contributed by atoms with Crippen molar-refractivity contribution < 1.29 is 4.21 Å². The van der Waals surface area contributed by atoms with E-state index >= 15 is 0 Å². The minimum atomic E-state index is -1.15. The molecule has 17 heavy (non-hydrogen) atoms. The molecule has 0 aliphatic heterocycles. The van der Waals surface area contributed by atoms with Crippen LogP contribution in [0.25, 0.3) is 0 Å². The van der Waals surface area contributed by atoms with E-state index in [0.717, 1.165) is 9.35 Å². The molecule has 2 aromatic rings. The van der Waals surface area contributed by atoms with Crippen LogP contribution in [-0.2, 0) is 16.6 Å². The van der Waals surface area contributed by atoms with Gasteiger partial charge in [0.15, 0.2) is 0 Å². The van der Waals surface area contributed by atoms with Gasteiger partial charge in [0.05, 0.1) is 21.4 Å². The minimum absolute atomic E-state index is 0.462. The quantitative estimate of drug-likeness (QED) is 0.848. The van der Waals surface area contributed by atoms with Gasteiger partial charge >= 0.3 is 0 Å². The van der Waals surface area contributed by atoms with Gasteiger partial charge in [-0.1, -0.05) is 11.6 Å². The largest absolute Gasteiger partial charge is 0.398 e. The topological polar surface area (TPSA) is 43.1 Å². The van der Waals surface area contributed by atoms with Gasteiger partial charge in [0.25, 0.3) is 0 Å². The molecule has 0 saturated carbocycles. The number of nitrogens with two attached hydrogens (primary N) is 1. The summed E-state index contributed by atoms with van der Waals surface area (Å²) in [7, 11) is -1.15. The normalized spacial score (nSPS) is 12.6. The maximum Gasteiger partial charge on any atom is 0.0638 e. The SMILES string of the molecule is Nc1cc(Cl)ccc1S(=O)Cc1sccc1Br. The third-order valence-electron chi connectivity index (χ3n) is 2.17. The molecule has 0 radical (unpaired) electrons. The number of halogens is 2. The van der Waals surface area contributed by atoms with Crippen LogP contribution in [0.2, 0.25) is 5.02 Å². The first kappa shape index (κ1) is 13.1. The van der Waals surface area contributed by atoms with Crippen molar-refractivity contribution in [3.63, 3.8) is 0 Å². The molecule has 90 valence electrons.